The minimum Gasteiger partial charge on any atom is -0.505 e. The van der Waals surface area contributed by atoms with Gasteiger partial charge in [0.15, 0.2) is 18.2 Å². The highest BCUT2D eigenvalue weighted by Crippen LogP contribution is 2.27. The smallest absolute Gasteiger partial charge is 0.261 e. The van der Waals surface area contributed by atoms with Gasteiger partial charge in [-0.15, -0.1) is 0 Å². The minimum absolute atomic E-state index is 0.00457. The number of aromatic nitrogens is 2. The monoisotopic (exact) mass is 286 g/mol. The second-order valence-corrected chi connectivity index (χ2v) is 4.26. The Morgan fingerprint density at radius 1 is 1.10 bits per heavy atom. The van der Waals surface area contributed by atoms with Crippen molar-refractivity contribution >= 4 is 0 Å². The highest BCUT2D eigenvalue weighted by molar-refractivity contribution is 5.56. The molecular weight excluding hydrogens is 275 g/mol. The molecule has 1 aromatic heterocycles. The number of rotatable bonds is 4. The lowest BCUT2D eigenvalue weighted by Gasteiger charge is -2.01. The third kappa shape index (κ3) is 2.84. The molecule has 0 spiro atoms. The normalized spacial score (nSPS) is 10.5. The topological polar surface area (TPSA) is 68.4 Å². The molecule has 106 valence electrons. The van der Waals surface area contributed by atoms with Gasteiger partial charge in [0.2, 0.25) is 5.82 Å². The Kier molecular flexibility index (Phi) is 3.51. The van der Waals surface area contributed by atoms with Crippen molar-refractivity contribution in [1.29, 1.82) is 0 Å². The number of aromatic hydroxyl groups is 1. The zero-order chi connectivity index (χ0) is 14.7. The molecule has 0 radical (unpaired) electrons. The first-order chi connectivity index (χ1) is 10.2. The standard InChI is InChI=1S/C15H11FN2O3/c16-14-11(7-4-8-12(14)19)15-17-13(18-21-15)9-20-10-5-2-1-3-6-10/h1-8,19H,9H2. The van der Waals surface area contributed by atoms with E-state index in [1.54, 1.807) is 12.1 Å². The maximum Gasteiger partial charge on any atom is 0.261 e. The van der Waals surface area contributed by atoms with Crippen molar-refractivity contribution in [3.05, 3.63) is 60.2 Å². The molecule has 5 nitrogen and oxygen atoms in total. The number of nitrogens with zero attached hydrogens (tertiary/aromatic N) is 2. The van der Waals surface area contributed by atoms with Gasteiger partial charge in [0, 0.05) is 0 Å². The van der Waals surface area contributed by atoms with Crippen LogP contribution in [0, 0.1) is 5.82 Å². The van der Waals surface area contributed by atoms with Crippen molar-refractivity contribution in [3.8, 4) is 23.0 Å². The van der Waals surface area contributed by atoms with Crippen LogP contribution in [0.1, 0.15) is 5.82 Å². The average molecular weight is 286 g/mol. The van der Waals surface area contributed by atoms with Gasteiger partial charge in [-0.1, -0.05) is 29.4 Å². The van der Waals surface area contributed by atoms with Crippen LogP contribution in [0.15, 0.2) is 53.1 Å². The first-order valence-corrected chi connectivity index (χ1v) is 6.22. The quantitative estimate of drug-likeness (QED) is 0.797. The molecule has 0 bridgehead atoms. The van der Waals surface area contributed by atoms with Gasteiger partial charge >= 0.3 is 0 Å². The van der Waals surface area contributed by atoms with E-state index in [4.69, 9.17) is 9.26 Å². The molecule has 0 aliphatic rings. The van der Waals surface area contributed by atoms with E-state index in [0.717, 1.165) is 0 Å². The maximum absolute atomic E-state index is 13.7. The van der Waals surface area contributed by atoms with Crippen molar-refractivity contribution in [2.24, 2.45) is 0 Å². The van der Waals surface area contributed by atoms with Gasteiger partial charge in [0.1, 0.15) is 5.75 Å². The minimum atomic E-state index is -0.795. The fourth-order valence-electron chi connectivity index (χ4n) is 1.77. The van der Waals surface area contributed by atoms with Crippen LogP contribution in [0.3, 0.4) is 0 Å². The number of para-hydroxylation sites is 1. The predicted octanol–water partition coefficient (Wildman–Crippen LogP) is 3.16. The molecule has 21 heavy (non-hydrogen) atoms. The Morgan fingerprint density at radius 2 is 1.90 bits per heavy atom. The van der Waals surface area contributed by atoms with Crippen molar-refractivity contribution in [2.45, 2.75) is 6.61 Å². The van der Waals surface area contributed by atoms with Crippen molar-refractivity contribution in [2.75, 3.05) is 0 Å². The second-order valence-electron chi connectivity index (χ2n) is 4.26. The molecular formula is C15H11FN2O3. The highest BCUT2D eigenvalue weighted by atomic mass is 19.1. The molecule has 0 saturated carbocycles. The van der Waals surface area contributed by atoms with Crippen LogP contribution in [0.25, 0.3) is 11.5 Å². The number of hydrogen-bond donors (Lipinski definition) is 1. The first kappa shape index (κ1) is 13.1. The van der Waals surface area contributed by atoms with Crippen LogP contribution in [0.4, 0.5) is 4.39 Å². The zero-order valence-electron chi connectivity index (χ0n) is 10.9. The Hall–Kier alpha value is -2.89. The lowest BCUT2D eigenvalue weighted by Crippen LogP contribution is -1.97. The first-order valence-electron chi connectivity index (χ1n) is 6.22. The number of ether oxygens (including phenoxy) is 1. The predicted molar refractivity (Wildman–Crippen MR) is 72.1 cm³/mol. The van der Waals surface area contributed by atoms with Crippen LogP contribution in [0.2, 0.25) is 0 Å². The van der Waals surface area contributed by atoms with E-state index >= 15 is 0 Å². The molecule has 0 saturated heterocycles. The third-order valence-electron chi connectivity index (χ3n) is 2.79. The summed E-state index contributed by atoms with van der Waals surface area (Å²) in [5.41, 5.74) is 0.0495. The van der Waals surface area contributed by atoms with E-state index in [0.29, 0.717) is 5.75 Å². The molecule has 2 aromatic carbocycles. The van der Waals surface area contributed by atoms with Gasteiger partial charge < -0.3 is 14.4 Å². The van der Waals surface area contributed by atoms with E-state index < -0.39 is 11.6 Å². The zero-order valence-corrected chi connectivity index (χ0v) is 10.9. The number of halogens is 1. The average Bonchev–Trinajstić information content (AvgIpc) is 2.98. The van der Waals surface area contributed by atoms with Crippen molar-refractivity contribution in [1.82, 2.24) is 10.1 Å². The Balaban J connectivity index is 1.76. The summed E-state index contributed by atoms with van der Waals surface area (Å²) in [6.45, 7) is 0.105. The molecule has 6 heteroatoms. The summed E-state index contributed by atoms with van der Waals surface area (Å²) in [6.07, 6.45) is 0. The Labute approximate surface area is 119 Å². The molecule has 0 amide bonds. The lowest BCUT2D eigenvalue weighted by molar-refractivity contribution is 0.287. The molecule has 0 atom stereocenters. The van der Waals surface area contributed by atoms with Gasteiger partial charge in [0.05, 0.1) is 5.56 Å². The highest BCUT2D eigenvalue weighted by Gasteiger charge is 2.15. The lowest BCUT2D eigenvalue weighted by atomic mass is 10.2. The van der Waals surface area contributed by atoms with E-state index in [-0.39, 0.29) is 23.9 Å². The molecule has 0 fully saturated rings. The molecule has 0 aliphatic carbocycles. The van der Waals surface area contributed by atoms with Crippen LogP contribution in [0.5, 0.6) is 11.5 Å². The summed E-state index contributed by atoms with van der Waals surface area (Å²) in [4.78, 5) is 4.04. The van der Waals surface area contributed by atoms with Crippen LogP contribution >= 0.6 is 0 Å². The van der Waals surface area contributed by atoms with Crippen LogP contribution < -0.4 is 4.74 Å². The Morgan fingerprint density at radius 3 is 2.71 bits per heavy atom. The molecule has 3 rings (SSSR count). The van der Waals surface area contributed by atoms with Gasteiger partial charge in [-0.25, -0.2) is 4.39 Å². The fraction of sp³-hybridized carbons (Fsp3) is 0.0667. The van der Waals surface area contributed by atoms with Gasteiger partial charge in [-0.3, -0.25) is 0 Å². The SMILES string of the molecule is Oc1cccc(-c2nc(COc3ccccc3)no2)c1F. The number of phenols is 1. The molecule has 1 N–H and O–H groups in total. The van der Waals surface area contributed by atoms with Crippen molar-refractivity contribution < 1.29 is 18.8 Å². The molecule has 3 aromatic rings. The van der Waals surface area contributed by atoms with Gasteiger partial charge in [-0.2, -0.15) is 4.98 Å². The summed E-state index contributed by atoms with van der Waals surface area (Å²) in [7, 11) is 0. The van der Waals surface area contributed by atoms with Gasteiger partial charge in [-0.05, 0) is 24.3 Å². The van der Waals surface area contributed by atoms with Gasteiger partial charge in [0.25, 0.3) is 5.89 Å². The van der Waals surface area contributed by atoms with Crippen molar-refractivity contribution in [3.63, 3.8) is 0 Å². The molecule has 0 aliphatic heterocycles. The third-order valence-corrected chi connectivity index (χ3v) is 2.79. The second kappa shape index (κ2) is 5.62. The number of hydrogen-bond acceptors (Lipinski definition) is 5. The number of benzene rings is 2. The van der Waals surface area contributed by atoms with E-state index in [2.05, 4.69) is 10.1 Å². The molecule has 0 unspecified atom stereocenters. The van der Waals surface area contributed by atoms with Crippen LogP contribution in [-0.2, 0) is 6.61 Å². The van der Waals surface area contributed by atoms with E-state index in [1.807, 2.05) is 18.2 Å². The summed E-state index contributed by atoms with van der Waals surface area (Å²) in [6, 6.07) is 13.4. The Bertz CT molecular complexity index is 744. The van der Waals surface area contributed by atoms with E-state index in [9.17, 15) is 9.50 Å². The fourth-order valence-corrected chi connectivity index (χ4v) is 1.77. The number of phenolic OH excluding ortho intramolecular Hbond substituents is 1. The van der Waals surface area contributed by atoms with Crippen LogP contribution in [-0.4, -0.2) is 15.2 Å². The summed E-state index contributed by atoms with van der Waals surface area (Å²) >= 11 is 0. The molecule has 1 heterocycles. The maximum atomic E-state index is 13.7. The summed E-state index contributed by atoms with van der Waals surface area (Å²) in [5, 5.41) is 13.0. The largest absolute Gasteiger partial charge is 0.505 e. The summed E-state index contributed by atoms with van der Waals surface area (Å²) < 4.78 is 24.2. The summed E-state index contributed by atoms with van der Waals surface area (Å²) in [5.74, 6) is -0.302. The van der Waals surface area contributed by atoms with E-state index in [1.165, 1.54) is 18.2 Å².